The Morgan fingerprint density at radius 1 is 1.00 bits per heavy atom. The maximum Gasteiger partial charge on any atom is 0.257 e. The molecule has 0 fully saturated rings. The van der Waals surface area contributed by atoms with Crippen LogP contribution in [0.3, 0.4) is 0 Å². The van der Waals surface area contributed by atoms with Crippen LogP contribution < -0.4 is 20.1 Å². The molecule has 1 aromatic heterocycles. The topological polar surface area (TPSA) is 72.5 Å². The Balaban J connectivity index is 1.82. The number of nitrogens with one attached hydrogen (secondary N) is 2. The minimum Gasteiger partial charge on any atom is -0.497 e. The average molecular weight is 384 g/mol. The maximum absolute atomic E-state index is 12.5. The standard InChI is InChI=1S/C20H18ClN3O3/c1-26-15-7-8-19(27-2)18(10-15)23-14-9-13(11-22-12-14)20(25)24-17-6-4-3-5-16(17)21/h3-12,23H,1-2H3,(H,24,25). The molecule has 2 aromatic carbocycles. The van der Waals surface area contributed by atoms with Crippen molar-refractivity contribution in [1.82, 2.24) is 4.98 Å². The van der Waals surface area contributed by atoms with E-state index in [0.717, 1.165) is 0 Å². The molecule has 1 heterocycles. The van der Waals surface area contributed by atoms with Crippen LogP contribution in [0.5, 0.6) is 11.5 Å². The van der Waals surface area contributed by atoms with Crippen LogP contribution in [0.15, 0.2) is 60.9 Å². The van der Waals surface area contributed by atoms with E-state index in [0.29, 0.717) is 39.1 Å². The molecule has 0 aliphatic carbocycles. The van der Waals surface area contributed by atoms with Crippen molar-refractivity contribution in [2.45, 2.75) is 0 Å². The number of benzene rings is 2. The summed E-state index contributed by atoms with van der Waals surface area (Å²) in [4.78, 5) is 16.6. The molecule has 6 nitrogen and oxygen atoms in total. The molecule has 7 heteroatoms. The van der Waals surface area contributed by atoms with Crippen LogP contribution in [0.2, 0.25) is 5.02 Å². The van der Waals surface area contributed by atoms with Gasteiger partial charge in [0.05, 0.1) is 48.1 Å². The fourth-order valence-electron chi connectivity index (χ4n) is 2.46. The zero-order valence-corrected chi connectivity index (χ0v) is 15.6. The average Bonchev–Trinajstić information content (AvgIpc) is 2.70. The smallest absolute Gasteiger partial charge is 0.257 e. The van der Waals surface area contributed by atoms with Crippen molar-refractivity contribution in [3.8, 4) is 11.5 Å². The van der Waals surface area contributed by atoms with Crippen molar-refractivity contribution in [2.75, 3.05) is 24.9 Å². The van der Waals surface area contributed by atoms with Gasteiger partial charge < -0.3 is 20.1 Å². The van der Waals surface area contributed by atoms with E-state index in [9.17, 15) is 4.79 Å². The Morgan fingerprint density at radius 2 is 1.81 bits per heavy atom. The minimum atomic E-state index is -0.308. The number of anilines is 3. The van der Waals surface area contributed by atoms with E-state index in [4.69, 9.17) is 21.1 Å². The van der Waals surface area contributed by atoms with Gasteiger partial charge in [0.1, 0.15) is 11.5 Å². The lowest BCUT2D eigenvalue weighted by molar-refractivity contribution is 0.102. The number of amides is 1. The Morgan fingerprint density at radius 3 is 2.56 bits per heavy atom. The predicted octanol–water partition coefficient (Wildman–Crippen LogP) is 4.75. The molecule has 2 N–H and O–H groups in total. The summed E-state index contributed by atoms with van der Waals surface area (Å²) >= 11 is 6.09. The number of aromatic nitrogens is 1. The van der Waals surface area contributed by atoms with Crippen molar-refractivity contribution >= 4 is 34.6 Å². The monoisotopic (exact) mass is 383 g/mol. The van der Waals surface area contributed by atoms with Crippen LogP contribution in [0, 0.1) is 0 Å². The first-order chi connectivity index (χ1) is 13.1. The molecular formula is C20H18ClN3O3. The number of carbonyl (C=O) groups excluding carboxylic acids is 1. The molecule has 0 aliphatic heterocycles. The Kier molecular flexibility index (Phi) is 5.78. The van der Waals surface area contributed by atoms with Crippen LogP contribution in [0.1, 0.15) is 10.4 Å². The third kappa shape index (κ3) is 4.48. The van der Waals surface area contributed by atoms with Crippen molar-refractivity contribution in [3.05, 3.63) is 71.5 Å². The van der Waals surface area contributed by atoms with Crippen LogP contribution in [-0.4, -0.2) is 25.1 Å². The molecule has 27 heavy (non-hydrogen) atoms. The van der Waals surface area contributed by atoms with Gasteiger partial charge in [-0.05, 0) is 30.3 Å². The third-order valence-electron chi connectivity index (χ3n) is 3.81. The molecule has 0 unspecified atom stereocenters. The van der Waals surface area contributed by atoms with E-state index in [1.807, 2.05) is 0 Å². The van der Waals surface area contributed by atoms with Gasteiger partial charge in [-0.25, -0.2) is 0 Å². The zero-order valence-electron chi connectivity index (χ0n) is 14.8. The van der Waals surface area contributed by atoms with Crippen LogP contribution in [-0.2, 0) is 0 Å². The van der Waals surface area contributed by atoms with E-state index >= 15 is 0 Å². The summed E-state index contributed by atoms with van der Waals surface area (Å²) in [6.07, 6.45) is 3.10. The second-order valence-corrected chi connectivity index (χ2v) is 5.99. The van der Waals surface area contributed by atoms with Gasteiger partial charge in [-0.15, -0.1) is 0 Å². The van der Waals surface area contributed by atoms with Gasteiger partial charge in [-0.2, -0.15) is 0 Å². The van der Waals surface area contributed by atoms with Gasteiger partial charge in [-0.3, -0.25) is 9.78 Å². The molecule has 0 saturated carbocycles. The normalized spacial score (nSPS) is 10.2. The number of para-hydroxylation sites is 1. The van der Waals surface area contributed by atoms with Gasteiger partial charge in [0, 0.05) is 12.3 Å². The molecule has 0 atom stereocenters. The third-order valence-corrected chi connectivity index (χ3v) is 4.14. The van der Waals surface area contributed by atoms with Crippen LogP contribution in [0.25, 0.3) is 0 Å². The summed E-state index contributed by atoms with van der Waals surface area (Å²) in [5.41, 5.74) is 2.26. The molecule has 1 amide bonds. The summed E-state index contributed by atoms with van der Waals surface area (Å²) in [5, 5.41) is 6.44. The largest absolute Gasteiger partial charge is 0.497 e. The van der Waals surface area contributed by atoms with E-state index in [1.165, 1.54) is 6.20 Å². The van der Waals surface area contributed by atoms with Gasteiger partial charge >= 0.3 is 0 Å². The van der Waals surface area contributed by atoms with E-state index in [2.05, 4.69) is 15.6 Å². The number of hydrogen-bond donors (Lipinski definition) is 2. The molecule has 0 saturated heterocycles. The lowest BCUT2D eigenvalue weighted by atomic mass is 10.2. The SMILES string of the molecule is COc1ccc(OC)c(Nc2cncc(C(=O)Nc3ccccc3Cl)c2)c1. The van der Waals surface area contributed by atoms with Crippen LogP contribution >= 0.6 is 11.6 Å². The van der Waals surface area contributed by atoms with Gasteiger partial charge in [0.2, 0.25) is 0 Å². The Hall–Kier alpha value is -3.25. The summed E-state index contributed by atoms with van der Waals surface area (Å²) in [5.74, 6) is 1.01. The quantitative estimate of drug-likeness (QED) is 0.642. The minimum absolute atomic E-state index is 0.308. The molecule has 0 aliphatic rings. The Bertz CT molecular complexity index is 963. The molecule has 0 radical (unpaired) electrons. The first-order valence-corrected chi connectivity index (χ1v) is 8.48. The zero-order chi connectivity index (χ0) is 19.2. The highest BCUT2D eigenvalue weighted by Gasteiger charge is 2.11. The van der Waals surface area contributed by atoms with Crippen molar-refractivity contribution in [2.24, 2.45) is 0 Å². The highest BCUT2D eigenvalue weighted by atomic mass is 35.5. The molecule has 3 aromatic rings. The number of rotatable bonds is 6. The number of hydrogen-bond acceptors (Lipinski definition) is 5. The first kappa shape index (κ1) is 18.5. The van der Waals surface area contributed by atoms with E-state index < -0.39 is 0 Å². The van der Waals surface area contributed by atoms with E-state index in [1.54, 1.807) is 68.9 Å². The predicted molar refractivity (Wildman–Crippen MR) is 106 cm³/mol. The van der Waals surface area contributed by atoms with Crippen molar-refractivity contribution < 1.29 is 14.3 Å². The summed E-state index contributed by atoms with van der Waals surface area (Å²) in [7, 11) is 3.17. The Labute approximate surface area is 162 Å². The fraction of sp³-hybridized carbons (Fsp3) is 0.100. The highest BCUT2D eigenvalue weighted by Crippen LogP contribution is 2.31. The first-order valence-electron chi connectivity index (χ1n) is 8.10. The van der Waals surface area contributed by atoms with E-state index in [-0.39, 0.29) is 5.91 Å². The van der Waals surface area contributed by atoms with Gasteiger partial charge in [0.25, 0.3) is 5.91 Å². The number of carbonyl (C=O) groups is 1. The molecule has 0 spiro atoms. The van der Waals surface area contributed by atoms with Crippen molar-refractivity contribution in [1.29, 1.82) is 0 Å². The molecule has 138 valence electrons. The maximum atomic E-state index is 12.5. The fourth-order valence-corrected chi connectivity index (χ4v) is 2.64. The summed E-state index contributed by atoms with van der Waals surface area (Å²) in [6, 6.07) is 14.1. The number of halogens is 1. The number of ether oxygens (including phenoxy) is 2. The van der Waals surface area contributed by atoms with Crippen molar-refractivity contribution in [3.63, 3.8) is 0 Å². The number of nitrogens with zero attached hydrogens (tertiary/aromatic N) is 1. The number of methoxy groups -OCH3 is 2. The van der Waals surface area contributed by atoms with Gasteiger partial charge in [-0.1, -0.05) is 23.7 Å². The second-order valence-electron chi connectivity index (χ2n) is 5.59. The molecule has 0 bridgehead atoms. The molecule has 3 rings (SSSR count). The number of pyridine rings is 1. The summed E-state index contributed by atoms with van der Waals surface area (Å²) < 4.78 is 10.6. The summed E-state index contributed by atoms with van der Waals surface area (Å²) in [6.45, 7) is 0. The van der Waals surface area contributed by atoms with Gasteiger partial charge in [0.15, 0.2) is 0 Å². The lowest BCUT2D eigenvalue weighted by Gasteiger charge is -2.13. The molecular weight excluding hydrogens is 366 g/mol. The second kappa shape index (κ2) is 8.42. The van der Waals surface area contributed by atoms with Crippen LogP contribution in [0.4, 0.5) is 17.1 Å². The highest BCUT2D eigenvalue weighted by molar-refractivity contribution is 6.33. The lowest BCUT2D eigenvalue weighted by Crippen LogP contribution is -2.12.